The Labute approximate surface area is 169 Å². The largest absolute Gasteiger partial charge is 0.357 e. The lowest BCUT2D eigenvalue weighted by Crippen LogP contribution is -2.39. The highest BCUT2D eigenvalue weighted by atomic mass is 127. The van der Waals surface area contributed by atoms with Crippen molar-refractivity contribution in [2.24, 2.45) is 4.99 Å². The average molecular weight is 473 g/mol. The van der Waals surface area contributed by atoms with Crippen LogP contribution in [0.1, 0.15) is 25.3 Å². The van der Waals surface area contributed by atoms with E-state index in [2.05, 4.69) is 49.7 Å². The molecule has 2 aromatic rings. The smallest absolute Gasteiger partial charge is 0.246 e. The molecular weight excluding hydrogens is 449 g/mol. The molecule has 2 aromatic heterocycles. The van der Waals surface area contributed by atoms with Crippen molar-refractivity contribution in [3.05, 3.63) is 46.9 Å². The molecule has 2 rings (SSSR count). The third kappa shape index (κ3) is 7.82. The van der Waals surface area contributed by atoms with Crippen molar-refractivity contribution in [2.75, 3.05) is 25.0 Å². The molecule has 0 saturated heterocycles. The second-order valence-corrected chi connectivity index (χ2v) is 6.10. The molecule has 25 heavy (non-hydrogen) atoms. The van der Waals surface area contributed by atoms with Crippen LogP contribution >= 0.6 is 35.3 Å². The summed E-state index contributed by atoms with van der Waals surface area (Å²) < 4.78 is 0. The van der Waals surface area contributed by atoms with Crippen LogP contribution in [0.2, 0.25) is 0 Å². The number of halogens is 1. The third-order valence-corrected chi connectivity index (χ3v) is 4.06. The molecule has 0 radical (unpaired) electrons. The Morgan fingerprint density at radius 1 is 1.36 bits per heavy atom. The van der Waals surface area contributed by atoms with E-state index in [0.717, 1.165) is 13.1 Å². The second kappa shape index (κ2) is 11.8. The van der Waals surface area contributed by atoms with Gasteiger partial charge in [0.2, 0.25) is 5.91 Å². The van der Waals surface area contributed by atoms with Crippen molar-refractivity contribution < 1.29 is 4.79 Å². The van der Waals surface area contributed by atoms with E-state index in [1.54, 1.807) is 35.9 Å². The molecule has 1 atom stereocenters. The summed E-state index contributed by atoms with van der Waals surface area (Å²) in [5.41, 5.74) is 1.97. The Morgan fingerprint density at radius 2 is 2.20 bits per heavy atom. The number of carbonyl (C=O) groups is 1. The quantitative estimate of drug-likeness (QED) is 0.328. The molecular formula is C17H24IN5OS. The molecule has 0 saturated carbocycles. The first-order chi connectivity index (χ1) is 11.7. The van der Waals surface area contributed by atoms with Crippen molar-refractivity contribution in [1.29, 1.82) is 0 Å². The molecule has 1 amide bonds. The van der Waals surface area contributed by atoms with Crippen LogP contribution in [0.15, 0.2) is 46.3 Å². The number of hydrogen-bond donors (Lipinski definition) is 3. The summed E-state index contributed by atoms with van der Waals surface area (Å²) >= 11 is 1.70. The Balaban J connectivity index is 0.00000312. The zero-order valence-electron chi connectivity index (χ0n) is 14.4. The first-order valence-electron chi connectivity index (χ1n) is 7.93. The topological polar surface area (TPSA) is 78.4 Å². The minimum atomic E-state index is -0.175. The molecule has 0 aliphatic heterocycles. The molecule has 0 aliphatic rings. The molecule has 0 fully saturated rings. The summed E-state index contributed by atoms with van der Waals surface area (Å²) in [4.78, 5) is 20.2. The van der Waals surface area contributed by atoms with Gasteiger partial charge in [0.05, 0.1) is 11.9 Å². The maximum absolute atomic E-state index is 11.9. The number of hydrogen-bond acceptors (Lipinski definition) is 4. The van der Waals surface area contributed by atoms with Gasteiger partial charge in [0, 0.05) is 19.3 Å². The van der Waals surface area contributed by atoms with Gasteiger partial charge < -0.3 is 16.0 Å². The molecule has 2 heterocycles. The fraction of sp³-hybridized carbons (Fsp3) is 0.353. The fourth-order valence-electron chi connectivity index (χ4n) is 2.05. The van der Waals surface area contributed by atoms with Crippen molar-refractivity contribution >= 4 is 52.9 Å². The van der Waals surface area contributed by atoms with Gasteiger partial charge in [-0.2, -0.15) is 11.3 Å². The van der Waals surface area contributed by atoms with Crippen LogP contribution in [0, 0.1) is 0 Å². The molecule has 8 heteroatoms. The number of pyridine rings is 1. The summed E-state index contributed by atoms with van der Waals surface area (Å²) in [5.74, 6) is 0.844. The molecule has 0 spiro atoms. The molecule has 136 valence electrons. The number of amides is 1. The van der Waals surface area contributed by atoms with Crippen molar-refractivity contribution in [1.82, 2.24) is 15.6 Å². The lowest BCUT2D eigenvalue weighted by atomic mass is 10.1. The highest BCUT2D eigenvalue weighted by Gasteiger charge is 2.08. The number of nitrogens with zero attached hydrogens (tertiary/aromatic N) is 2. The molecule has 1 unspecified atom stereocenters. The molecule has 0 aliphatic carbocycles. The lowest BCUT2D eigenvalue weighted by molar-refractivity contribution is -0.114. The maximum atomic E-state index is 11.9. The summed E-state index contributed by atoms with van der Waals surface area (Å²) in [6.07, 6.45) is 3.27. The number of guanidine groups is 1. The average Bonchev–Trinajstić information content (AvgIpc) is 3.12. The monoisotopic (exact) mass is 473 g/mol. The summed E-state index contributed by atoms with van der Waals surface area (Å²) in [6.45, 7) is 5.70. The standard InChI is InChI=1S/C17H23N5OS.HI/c1-3-19-17(20-9-13(2)14-6-8-24-12-14)21-11-16(23)22-15-5-4-7-18-10-15;/h4-8,10,12-13H,3,9,11H2,1-2H3,(H,22,23)(H2,19,20,21);1H. The summed E-state index contributed by atoms with van der Waals surface area (Å²) in [5, 5.41) is 13.4. The summed E-state index contributed by atoms with van der Waals surface area (Å²) in [6, 6.07) is 5.69. The van der Waals surface area contributed by atoms with E-state index in [1.807, 2.05) is 6.92 Å². The fourth-order valence-corrected chi connectivity index (χ4v) is 2.84. The van der Waals surface area contributed by atoms with Crippen LogP contribution in [0.4, 0.5) is 5.69 Å². The van der Waals surface area contributed by atoms with Gasteiger partial charge in [0.25, 0.3) is 0 Å². The summed E-state index contributed by atoms with van der Waals surface area (Å²) in [7, 11) is 0. The van der Waals surface area contributed by atoms with Gasteiger partial charge in [0.15, 0.2) is 5.96 Å². The molecule has 0 bridgehead atoms. The number of aromatic nitrogens is 1. The normalized spacial score (nSPS) is 12.0. The third-order valence-electron chi connectivity index (χ3n) is 3.36. The van der Waals surface area contributed by atoms with Crippen molar-refractivity contribution in [2.45, 2.75) is 19.8 Å². The zero-order chi connectivity index (χ0) is 17.2. The van der Waals surface area contributed by atoms with Crippen molar-refractivity contribution in [3.63, 3.8) is 0 Å². The number of anilines is 1. The Bertz CT molecular complexity index is 648. The predicted octanol–water partition coefficient (Wildman–Crippen LogP) is 3.06. The van der Waals surface area contributed by atoms with E-state index >= 15 is 0 Å². The highest BCUT2D eigenvalue weighted by Crippen LogP contribution is 2.16. The van der Waals surface area contributed by atoms with Gasteiger partial charge in [-0.3, -0.25) is 9.78 Å². The van der Waals surface area contributed by atoms with E-state index in [0.29, 0.717) is 17.6 Å². The van der Waals surface area contributed by atoms with Gasteiger partial charge in [-0.05, 0) is 47.4 Å². The minimum Gasteiger partial charge on any atom is -0.357 e. The zero-order valence-corrected chi connectivity index (χ0v) is 17.5. The number of aliphatic imine (C=N–C) groups is 1. The Kier molecular flexibility index (Phi) is 10.1. The van der Waals surface area contributed by atoms with Gasteiger partial charge in [-0.25, -0.2) is 4.99 Å². The van der Waals surface area contributed by atoms with Crippen LogP contribution in [-0.4, -0.2) is 36.5 Å². The number of rotatable bonds is 7. The van der Waals surface area contributed by atoms with Crippen LogP contribution in [-0.2, 0) is 4.79 Å². The molecule has 6 nitrogen and oxygen atoms in total. The maximum Gasteiger partial charge on any atom is 0.246 e. The van der Waals surface area contributed by atoms with Crippen molar-refractivity contribution in [3.8, 4) is 0 Å². The number of nitrogens with one attached hydrogen (secondary N) is 3. The minimum absolute atomic E-state index is 0. The Morgan fingerprint density at radius 3 is 2.84 bits per heavy atom. The van der Waals surface area contributed by atoms with E-state index in [9.17, 15) is 4.79 Å². The van der Waals surface area contributed by atoms with Gasteiger partial charge in [-0.15, -0.1) is 24.0 Å². The predicted molar refractivity (Wildman–Crippen MR) is 115 cm³/mol. The van der Waals surface area contributed by atoms with Gasteiger partial charge in [-0.1, -0.05) is 6.92 Å². The number of carbonyl (C=O) groups excluding carboxylic acids is 1. The van der Waals surface area contributed by atoms with Gasteiger partial charge in [0.1, 0.15) is 6.54 Å². The SMILES string of the molecule is CCNC(=NCC(=O)Nc1cccnc1)NCC(C)c1ccsc1.I. The first-order valence-corrected chi connectivity index (χ1v) is 8.87. The molecule has 0 aromatic carbocycles. The Hall–Kier alpha value is -1.68. The second-order valence-electron chi connectivity index (χ2n) is 5.32. The van der Waals surface area contributed by atoms with E-state index in [-0.39, 0.29) is 36.4 Å². The first kappa shape index (κ1) is 21.4. The van der Waals surface area contributed by atoms with E-state index < -0.39 is 0 Å². The number of thiophene rings is 1. The van der Waals surface area contributed by atoms with E-state index in [4.69, 9.17) is 0 Å². The highest BCUT2D eigenvalue weighted by molar-refractivity contribution is 14.0. The van der Waals surface area contributed by atoms with Crippen LogP contribution in [0.3, 0.4) is 0 Å². The van der Waals surface area contributed by atoms with Crippen LogP contribution in [0.25, 0.3) is 0 Å². The van der Waals surface area contributed by atoms with Gasteiger partial charge >= 0.3 is 0 Å². The lowest BCUT2D eigenvalue weighted by Gasteiger charge is -2.15. The van der Waals surface area contributed by atoms with Crippen LogP contribution in [0.5, 0.6) is 0 Å². The van der Waals surface area contributed by atoms with Crippen LogP contribution < -0.4 is 16.0 Å². The molecule has 3 N–H and O–H groups in total. The van der Waals surface area contributed by atoms with E-state index in [1.165, 1.54) is 5.56 Å².